The van der Waals surface area contributed by atoms with Crippen molar-refractivity contribution >= 4 is 22.6 Å². The molecule has 0 heterocycles. The highest BCUT2D eigenvalue weighted by Gasteiger charge is 2.52. The number of nitrogens with zero attached hydrogens (tertiary/aromatic N) is 1. The van der Waals surface area contributed by atoms with Crippen molar-refractivity contribution in [3.8, 4) is 66.8 Å². The van der Waals surface area contributed by atoms with Crippen LogP contribution in [0.2, 0.25) is 0 Å². The lowest BCUT2D eigenvalue weighted by Gasteiger charge is -2.35. The van der Waals surface area contributed by atoms with Crippen LogP contribution in [-0.4, -0.2) is 0 Å². The highest BCUT2D eigenvalue weighted by Crippen LogP contribution is 2.64. The smallest absolute Gasteiger partial charge is 0.0722 e. The van der Waals surface area contributed by atoms with Gasteiger partial charge in [0.2, 0.25) is 0 Å². The Morgan fingerprint density at radius 1 is 0.286 bits per heavy atom. The summed E-state index contributed by atoms with van der Waals surface area (Å²) in [6.45, 7) is 4.78. The lowest BCUT2D eigenvalue weighted by Crippen LogP contribution is -2.28. The molecule has 12 aromatic rings. The third-order valence-corrected chi connectivity index (χ3v) is 19.6. The van der Waals surface area contributed by atoms with Gasteiger partial charge in [-0.05, 0) is 201 Å². The Morgan fingerprint density at radius 3 is 1.43 bits per heavy atom. The van der Waals surface area contributed by atoms with Gasteiger partial charge in [0.05, 0.1) is 10.8 Å². The summed E-state index contributed by atoms with van der Waals surface area (Å²) in [5, 5.41) is 0. The zero-order chi connectivity index (χ0) is 55.7. The van der Waals surface area contributed by atoms with E-state index in [0.29, 0.717) is 0 Å². The largest absolute Gasteiger partial charge is 0.310 e. The molecular weight excluding hydrogens is 1010 g/mol. The van der Waals surface area contributed by atoms with Gasteiger partial charge in [0.15, 0.2) is 0 Å². The van der Waals surface area contributed by atoms with E-state index in [-0.39, 0.29) is 10.8 Å². The fourth-order valence-corrected chi connectivity index (χ4v) is 16.0. The van der Waals surface area contributed by atoms with Crippen molar-refractivity contribution in [2.75, 3.05) is 4.90 Å². The average molecular weight is 1070 g/mol. The molecule has 1 spiro atoms. The van der Waals surface area contributed by atoms with Gasteiger partial charge in [0.1, 0.15) is 0 Å². The van der Waals surface area contributed by atoms with E-state index in [9.17, 15) is 0 Å². The minimum absolute atomic E-state index is 0.161. The summed E-state index contributed by atoms with van der Waals surface area (Å²) in [5.41, 5.74) is 33.3. The van der Waals surface area contributed by atoms with Gasteiger partial charge in [-0.2, -0.15) is 0 Å². The molecule has 5 aliphatic rings. The maximum Gasteiger partial charge on any atom is 0.0722 e. The number of rotatable bonds is 8. The molecule has 0 saturated heterocycles. The topological polar surface area (TPSA) is 3.24 Å². The Hall–Kier alpha value is -10.1. The Kier molecular flexibility index (Phi) is 10.7. The zero-order valence-electron chi connectivity index (χ0n) is 47.2. The lowest BCUT2D eigenvalue weighted by molar-refractivity contribution is 0.660. The molecular formula is C83H59N. The fourth-order valence-electron chi connectivity index (χ4n) is 16.0. The van der Waals surface area contributed by atoms with Crippen molar-refractivity contribution in [3.63, 3.8) is 0 Å². The average Bonchev–Trinajstić information content (AvgIpc) is 1.55. The van der Waals surface area contributed by atoms with Gasteiger partial charge in [-0.25, -0.2) is 0 Å². The quantitative estimate of drug-likeness (QED) is 0.147. The molecule has 0 saturated carbocycles. The Bertz CT molecular complexity index is 4690. The molecule has 1 atom stereocenters. The first-order valence-corrected chi connectivity index (χ1v) is 29.9. The number of hydrogen-bond acceptors (Lipinski definition) is 1. The molecule has 1 nitrogen and oxygen atoms in total. The van der Waals surface area contributed by atoms with E-state index in [1.54, 1.807) is 0 Å². The zero-order valence-corrected chi connectivity index (χ0v) is 47.2. The van der Waals surface area contributed by atoms with E-state index in [1.807, 2.05) is 0 Å². The first-order chi connectivity index (χ1) is 41.4. The number of hydrogen-bond donors (Lipinski definition) is 0. The van der Waals surface area contributed by atoms with Crippen LogP contribution in [-0.2, 0) is 16.2 Å². The molecule has 12 aromatic carbocycles. The van der Waals surface area contributed by atoms with E-state index in [1.165, 1.54) is 134 Å². The van der Waals surface area contributed by atoms with Gasteiger partial charge >= 0.3 is 0 Å². The van der Waals surface area contributed by atoms with Gasteiger partial charge < -0.3 is 4.90 Å². The van der Waals surface area contributed by atoms with E-state index in [0.717, 1.165) is 29.9 Å². The fraction of sp³-hybridized carbons (Fsp3) is 0.0843. The van der Waals surface area contributed by atoms with Gasteiger partial charge in [-0.1, -0.05) is 257 Å². The third kappa shape index (κ3) is 6.84. The van der Waals surface area contributed by atoms with Gasteiger partial charge in [0, 0.05) is 22.5 Å². The molecule has 84 heavy (non-hydrogen) atoms. The van der Waals surface area contributed by atoms with Crippen LogP contribution in [0.5, 0.6) is 0 Å². The molecule has 0 aliphatic heterocycles. The second kappa shape index (κ2) is 18.5. The minimum atomic E-state index is -0.572. The molecule has 1 heteroatoms. The van der Waals surface area contributed by atoms with Crippen LogP contribution in [0, 0.1) is 0 Å². The van der Waals surface area contributed by atoms with Crippen LogP contribution in [0.1, 0.15) is 82.3 Å². The van der Waals surface area contributed by atoms with E-state index in [4.69, 9.17) is 0 Å². The third-order valence-electron chi connectivity index (χ3n) is 19.6. The SMILES string of the molecule is CC1(C)c2ccccc2-c2ccc(-c3cc(-c4ccc5c(c4)-c4ccccc4C54C5=C(CCC=C5)c5ccccc54)cc(N(c4ccc(-c5ccccc5)cc4)c4ccc5c(c4)C(c4ccccc4)(c4ccccc4)c4ccccc4-5)c3)cc21. The monoisotopic (exact) mass is 1070 g/mol. The Labute approximate surface area is 492 Å². The Balaban J connectivity index is 0.914. The molecule has 0 N–H and O–H groups in total. The number of fused-ring (bicyclic) bond motifs is 15. The maximum atomic E-state index is 2.52. The van der Waals surface area contributed by atoms with Gasteiger partial charge in [-0.3, -0.25) is 0 Å². The summed E-state index contributed by atoms with van der Waals surface area (Å²) in [5.74, 6) is 0. The predicted molar refractivity (Wildman–Crippen MR) is 349 cm³/mol. The van der Waals surface area contributed by atoms with E-state index >= 15 is 0 Å². The maximum absolute atomic E-state index is 2.52. The minimum Gasteiger partial charge on any atom is -0.310 e. The van der Waals surface area contributed by atoms with E-state index < -0.39 is 5.41 Å². The van der Waals surface area contributed by atoms with Crippen molar-refractivity contribution in [1.29, 1.82) is 0 Å². The van der Waals surface area contributed by atoms with Crippen LogP contribution >= 0.6 is 0 Å². The molecule has 0 bridgehead atoms. The molecule has 396 valence electrons. The van der Waals surface area contributed by atoms with Crippen molar-refractivity contribution < 1.29 is 0 Å². The molecule has 1 unspecified atom stereocenters. The van der Waals surface area contributed by atoms with Crippen LogP contribution < -0.4 is 4.90 Å². The van der Waals surface area contributed by atoms with Gasteiger partial charge in [0.25, 0.3) is 0 Å². The lowest BCUT2D eigenvalue weighted by atomic mass is 9.67. The highest BCUT2D eigenvalue weighted by molar-refractivity contribution is 5.98. The first kappa shape index (κ1) is 48.6. The molecule has 17 rings (SSSR count). The van der Waals surface area contributed by atoms with Crippen LogP contribution in [0.3, 0.4) is 0 Å². The van der Waals surface area contributed by atoms with Crippen molar-refractivity contribution in [1.82, 2.24) is 0 Å². The summed E-state index contributed by atoms with van der Waals surface area (Å²) in [7, 11) is 0. The second-order valence-corrected chi connectivity index (χ2v) is 24.1. The van der Waals surface area contributed by atoms with Gasteiger partial charge in [-0.15, -0.1) is 0 Å². The molecule has 0 fully saturated rings. The summed E-state index contributed by atoms with van der Waals surface area (Å²) in [6.07, 6.45) is 6.98. The molecule has 0 amide bonds. The summed E-state index contributed by atoms with van der Waals surface area (Å²) in [4.78, 5) is 2.52. The summed E-state index contributed by atoms with van der Waals surface area (Å²) < 4.78 is 0. The number of anilines is 3. The number of benzene rings is 12. The normalized spacial score (nSPS) is 16.5. The van der Waals surface area contributed by atoms with Crippen LogP contribution in [0.25, 0.3) is 72.3 Å². The van der Waals surface area contributed by atoms with Crippen LogP contribution in [0.15, 0.2) is 303 Å². The predicted octanol–water partition coefficient (Wildman–Crippen LogP) is 21.3. The van der Waals surface area contributed by atoms with Crippen molar-refractivity contribution in [2.45, 2.75) is 42.9 Å². The molecule has 0 aromatic heterocycles. The second-order valence-electron chi connectivity index (χ2n) is 24.1. The van der Waals surface area contributed by atoms with Crippen molar-refractivity contribution in [2.24, 2.45) is 0 Å². The number of allylic oxidation sites excluding steroid dienone is 4. The summed E-state index contributed by atoms with van der Waals surface area (Å²) in [6, 6.07) is 108. The Morgan fingerprint density at radius 2 is 0.750 bits per heavy atom. The highest BCUT2D eigenvalue weighted by atomic mass is 15.1. The van der Waals surface area contributed by atoms with Crippen LogP contribution in [0.4, 0.5) is 17.1 Å². The molecule has 0 radical (unpaired) electrons. The first-order valence-electron chi connectivity index (χ1n) is 29.9. The van der Waals surface area contributed by atoms with Crippen molar-refractivity contribution in [3.05, 3.63) is 358 Å². The van der Waals surface area contributed by atoms with E-state index in [2.05, 4.69) is 316 Å². The molecule has 5 aliphatic carbocycles. The summed E-state index contributed by atoms with van der Waals surface area (Å²) >= 11 is 0. The standard InChI is InChI=1S/C83H59N/c1-81(2)73-33-17-12-28-65(73)70-45-40-57(52-79(70)81)59-48-58(56-41-47-78-72(51-56)69-32-16-21-37-77(69)83(78)75-35-19-14-29-66(75)67-30-15-20-36-76(67)83)49-64(50-59)84(62-42-38-55(39-43-62)54-22-6-3-7-23-54)63-44-46-71-68-31-13-18-34-74(68)82(80(71)53-63,60-24-8-4-9-25-60)61-26-10-5-11-27-61/h3-14,16-29,31-53H,15,30H2,1-2H3.